The average Bonchev–Trinajstić information content (AvgIpc) is 3.23. The molecule has 0 radical (unpaired) electrons. The lowest BCUT2D eigenvalue weighted by Crippen LogP contribution is -2.39. The van der Waals surface area contributed by atoms with Crippen molar-refractivity contribution in [2.24, 2.45) is 0 Å². The molecule has 0 spiro atoms. The highest BCUT2D eigenvalue weighted by Gasteiger charge is 2.42. The Morgan fingerprint density at radius 3 is 2.60 bits per heavy atom. The van der Waals surface area contributed by atoms with Crippen molar-refractivity contribution in [2.45, 2.75) is 50.6 Å². The van der Waals surface area contributed by atoms with Gasteiger partial charge in [-0.05, 0) is 36.1 Å². The number of amides is 1. The Balaban J connectivity index is 1.31. The van der Waals surface area contributed by atoms with E-state index in [1.807, 2.05) is 19.1 Å². The van der Waals surface area contributed by atoms with Crippen LogP contribution in [-0.4, -0.2) is 35.3 Å². The van der Waals surface area contributed by atoms with E-state index in [1.165, 1.54) is 12.1 Å². The van der Waals surface area contributed by atoms with Gasteiger partial charge in [0, 0.05) is 24.4 Å². The van der Waals surface area contributed by atoms with Crippen LogP contribution in [-0.2, 0) is 22.2 Å². The van der Waals surface area contributed by atoms with Gasteiger partial charge in [0.1, 0.15) is 5.75 Å². The first-order chi connectivity index (χ1) is 16.7. The topological polar surface area (TPSA) is 102 Å². The number of hydrogen-bond acceptors (Lipinski definition) is 5. The minimum atomic E-state index is -4.61. The molecule has 10 heteroatoms. The van der Waals surface area contributed by atoms with Gasteiger partial charge >= 0.3 is 12.1 Å². The zero-order valence-corrected chi connectivity index (χ0v) is 19.0. The second-order valence-electron chi connectivity index (χ2n) is 8.51. The Morgan fingerprint density at radius 1 is 1.17 bits per heavy atom. The van der Waals surface area contributed by atoms with Crippen LogP contribution in [0.4, 0.5) is 13.2 Å². The van der Waals surface area contributed by atoms with Crippen LogP contribution in [0.25, 0.3) is 11.0 Å². The van der Waals surface area contributed by atoms with Crippen LogP contribution in [0, 0.1) is 0 Å². The number of ether oxygens (including phenoxy) is 1. The molecule has 2 atom stereocenters. The van der Waals surface area contributed by atoms with E-state index in [0.29, 0.717) is 30.6 Å². The lowest BCUT2D eigenvalue weighted by atomic mass is 9.68. The third-order valence-corrected chi connectivity index (χ3v) is 6.19. The third-order valence-electron chi connectivity index (χ3n) is 6.19. The first-order valence-electron chi connectivity index (χ1n) is 11.4. The van der Waals surface area contributed by atoms with Crippen molar-refractivity contribution < 1.29 is 37.1 Å². The number of hydrogen-bond donors (Lipinski definition) is 2. The van der Waals surface area contributed by atoms with Crippen LogP contribution in [0.15, 0.2) is 40.9 Å². The summed E-state index contributed by atoms with van der Waals surface area (Å²) < 4.78 is 50.2. The Morgan fingerprint density at radius 2 is 1.91 bits per heavy atom. The smallest absolute Gasteiger partial charge is 0.437 e. The summed E-state index contributed by atoms with van der Waals surface area (Å²) in [7, 11) is 0. The van der Waals surface area contributed by atoms with Gasteiger partial charge in [-0.25, -0.2) is 0 Å². The Bertz CT molecular complexity index is 1240. The summed E-state index contributed by atoms with van der Waals surface area (Å²) in [6, 6.07) is 10.1. The van der Waals surface area contributed by atoms with Crippen LogP contribution in [0.3, 0.4) is 0 Å². The highest BCUT2D eigenvalue weighted by atomic mass is 19.4. The van der Waals surface area contributed by atoms with Crippen LogP contribution in [0.1, 0.15) is 60.4 Å². The van der Waals surface area contributed by atoms with E-state index in [9.17, 15) is 27.9 Å². The molecule has 3 aromatic rings. The van der Waals surface area contributed by atoms with Crippen molar-refractivity contribution >= 4 is 22.8 Å². The number of benzene rings is 2. The Kier molecular flexibility index (Phi) is 7.00. The minimum absolute atomic E-state index is 0.0585. The number of fused-ring (bicyclic) bond motifs is 2. The normalized spacial score (nSPS) is 17.0. The lowest BCUT2D eigenvalue weighted by molar-refractivity contribution is -0.142. The maximum Gasteiger partial charge on any atom is 0.437 e. The van der Waals surface area contributed by atoms with E-state index in [-0.39, 0.29) is 42.4 Å². The fourth-order valence-electron chi connectivity index (χ4n) is 4.56. The zero-order valence-electron chi connectivity index (χ0n) is 19.0. The molecule has 1 aliphatic carbocycles. The van der Waals surface area contributed by atoms with Crippen LogP contribution >= 0.6 is 0 Å². The number of carboxylic acid groups (broad SMARTS) is 1. The maximum absolute atomic E-state index is 13.1. The van der Waals surface area contributed by atoms with Gasteiger partial charge in [0.15, 0.2) is 11.3 Å². The zero-order chi connectivity index (χ0) is 25.2. The van der Waals surface area contributed by atoms with Gasteiger partial charge < -0.3 is 19.7 Å². The summed E-state index contributed by atoms with van der Waals surface area (Å²) in [5, 5.41) is 15.4. The standard InChI is InChI=1S/C25H25F3N2O5/c1-2-6-16-19(11-10-17-22(16)35-30-23(17)25(26,27)28)34-12-5-9-20(31)29-13-18-14-7-3-4-8-15(14)21(18)24(32)33/h3-4,7-8,10-11,18,21H,2,5-6,9,12-13H2,1H3,(H,29,31)(H,32,33). The van der Waals surface area contributed by atoms with Gasteiger partial charge in [-0.3, -0.25) is 9.59 Å². The van der Waals surface area contributed by atoms with Gasteiger partial charge in [0.05, 0.1) is 17.9 Å². The average molecular weight is 490 g/mol. The number of alkyl halides is 3. The van der Waals surface area contributed by atoms with Crippen molar-refractivity contribution in [1.29, 1.82) is 0 Å². The van der Waals surface area contributed by atoms with E-state index < -0.39 is 23.8 Å². The van der Waals surface area contributed by atoms with Gasteiger partial charge in [-0.2, -0.15) is 13.2 Å². The molecular weight excluding hydrogens is 465 g/mol. The molecule has 2 aromatic carbocycles. The first-order valence-corrected chi connectivity index (χ1v) is 11.4. The van der Waals surface area contributed by atoms with E-state index in [1.54, 1.807) is 12.1 Å². The number of carboxylic acids is 1. The van der Waals surface area contributed by atoms with Crippen LogP contribution in [0.2, 0.25) is 0 Å². The van der Waals surface area contributed by atoms with Crippen molar-refractivity contribution in [1.82, 2.24) is 10.5 Å². The molecular formula is C25H25F3N2O5. The number of rotatable bonds is 10. The molecule has 4 rings (SSSR count). The highest BCUT2D eigenvalue weighted by molar-refractivity contribution is 5.85. The number of nitrogens with one attached hydrogen (secondary N) is 1. The van der Waals surface area contributed by atoms with Crippen molar-refractivity contribution in [3.8, 4) is 5.75 Å². The molecule has 1 aliphatic rings. The van der Waals surface area contributed by atoms with Crippen molar-refractivity contribution in [3.05, 3.63) is 58.8 Å². The first kappa shape index (κ1) is 24.6. The summed E-state index contributed by atoms with van der Waals surface area (Å²) in [6.07, 6.45) is -2.95. The lowest BCUT2D eigenvalue weighted by Gasteiger charge is -2.36. The van der Waals surface area contributed by atoms with E-state index in [2.05, 4.69) is 10.5 Å². The third kappa shape index (κ3) is 4.96. The summed E-state index contributed by atoms with van der Waals surface area (Å²) in [6.45, 7) is 2.31. The number of nitrogens with zero attached hydrogens (tertiary/aromatic N) is 1. The van der Waals surface area contributed by atoms with E-state index in [0.717, 1.165) is 11.1 Å². The molecule has 1 amide bonds. The summed E-state index contributed by atoms with van der Waals surface area (Å²) in [5.74, 6) is -1.63. The number of aromatic nitrogens is 1. The molecule has 0 bridgehead atoms. The molecule has 2 unspecified atom stereocenters. The van der Waals surface area contributed by atoms with Crippen LogP contribution in [0.5, 0.6) is 5.75 Å². The molecule has 1 aromatic heterocycles. The van der Waals surface area contributed by atoms with Crippen LogP contribution < -0.4 is 10.1 Å². The van der Waals surface area contributed by atoms with E-state index >= 15 is 0 Å². The SMILES string of the molecule is CCCc1c(OCCCC(=O)NCC2c3ccccc3C2C(=O)O)ccc2c(C(F)(F)F)noc12. The summed E-state index contributed by atoms with van der Waals surface area (Å²) in [4.78, 5) is 23.8. The molecule has 0 aliphatic heterocycles. The van der Waals surface area contributed by atoms with Gasteiger partial charge in [-0.1, -0.05) is 42.8 Å². The van der Waals surface area contributed by atoms with Gasteiger partial charge in [0.2, 0.25) is 5.91 Å². The molecule has 2 N–H and O–H groups in total. The predicted molar refractivity (Wildman–Crippen MR) is 120 cm³/mol. The van der Waals surface area contributed by atoms with Gasteiger partial charge in [0.25, 0.3) is 0 Å². The van der Waals surface area contributed by atoms with Gasteiger partial charge in [-0.15, -0.1) is 0 Å². The van der Waals surface area contributed by atoms with Crippen molar-refractivity contribution in [3.63, 3.8) is 0 Å². The largest absolute Gasteiger partial charge is 0.493 e. The predicted octanol–water partition coefficient (Wildman–Crippen LogP) is 5.04. The second kappa shape index (κ2) is 9.97. The second-order valence-corrected chi connectivity index (χ2v) is 8.51. The Labute approximate surface area is 199 Å². The summed E-state index contributed by atoms with van der Waals surface area (Å²) in [5.41, 5.74) is 1.22. The summed E-state index contributed by atoms with van der Waals surface area (Å²) >= 11 is 0. The number of carbonyl (C=O) groups is 2. The number of halogens is 3. The molecule has 35 heavy (non-hydrogen) atoms. The number of aliphatic carboxylic acids is 1. The molecule has 0 saturated heterocycles. The van der Waals surface area contributed by atoms with Crippen molar-refractivity contribution in [2.75, 3.05) is 13.2 Å². The maximum atomic E-state index is 13.1. The molecule has 0 saturated carbocycles. The molecule has 1 heterocycles. The highest BCUT2D eigenvalue weighted by Crippen LogP contribution is 2.46. The fourth-order valence-corrected chi connectivity index (χ4v) is 4.56. The quantitative estimate of drug-likeness (QED) is 0.386. The molecule has 7 nitrogen and oxygen atoms in total. The monoisotopic (exact) mass is 490 g/mol. The van der Waals surface area contributed by atoms with E-state index in [4.69, 9.17) is 9.26 Å². The molecule has 186 valence electrons. The minimum Gasteiger partial charge on any atom is -0.493 e. The number of aryl methyl sites for hydroxylation is 1. The Hall–Kier alpha value is -3.56. The number of carbonyl (C=O) groups excluding carboxylic acids is 1. The molecule has 0 fully saturated rings. The fraction of sp³-hybridized carbons (Fsp3) is 0.400.